The van der Waals surface area contributed by atoms with Gasteiger partial charge in [0.2, 0.25) is 5.91 Å². The van der Waals surface area contributed by atoms with E-state index in [9.17, 15) is 4.79 Å². The Morgan fingerprint density at radius 3 is 2.69 bits per heavy atom. The van der Waals surface area contributed by atoms with E-state index in [0.717, 1.165) is 42.9 Å². The van der Waals surface area contributed by atoms with Crippen LogP contribution in [0.2, 0.25) is 5.02 Å². The second kappa shape index (κ2) is 10.4. The molecule has 2 rings (SSSR count). The zero-order valence-electron chi connectivity index (χ0n) is 16.2. The highest BCUT2D eigenvalue weighted by Gasteiger charge is 2.20. The van der Waals surface area contributed by atoms with Crippen molar-refractivity contribution in [2.75, 3.05) is 0 Å². The number of rotatable bonds is 10. The second-order valence-electron chi connectivity index (χ2n) is 6.99. The van der Waals surface area contributed by atoms with Crippen molar-refractivity contribution >= 4 is 17.5 Å². The minimum absolute atomic E-state index is 0.249. The van der Waals surface area contributed by atoms with Crippen LogP contribution in [0, 0.1) is 0 Å². The molecule has 0 aliphatic heterocycles. The summed E-state index contributed by atoms with van der Waals surface area (Å²) < 4.78 is 2.21. The molecular weight excluding hydrogens is 344 g/mol. The Hall–Kier alpha value is -1.74. The minimum atomic E-state index is 0.249. The normalized spacial score (nSPS) is 12.2. The van der Waals surface area contributed by atoms with Crippen LogP contribution < -0.4 is 0 Å². The van der Waals surface area contributed by atoms with Gasteiger partial charge >= 0.3 is 0 Å². The van der Waals surface area contributed by atoms with Crippen molar-refractivity contribution in [3.8, 4) is 0 Å². The summed E-state index contributed by atoms with van der Waals surface area (Å²) in [6.45, 7) is 7.87. The van der Waals surface area contributed by atoms with Crippen LogP contribution in [0.5, 0.6) is 0 Å². The maximum atomic E-state index is 12.8. The van der Waals surface area contributed by atoms with Crippen molar-refractivity contribution in [2.24, 2.45) is 0 Å². The van der Waals surface area contributed by atoms with Gasteiger partial charge in [-0.15, -0.1) is 0 Å². The Balaban J connectivity index is 2.11. The summed E-state index contributed by atoms with van der Waals surface area (Å²) in [5, 5.41) is 0.753. The minimum Gasteiger partial charge on any atom is -0.345 e. The van der Waals surface area contributed by atoms with Crippen molar-refractivity contribution < 1.29 is 4.79 Å². The quantitative estimate of drug-likeness (QED) is 0.475. The molecule has 0 saturated carbocycles. The van der Waals surface area contributed by atoms with Crippen LogP contribution >= 0.6 is 11.6 Å². The molecule has 1 aromatic heterocycles. The van der Waals surface area contributed by atoms with Crippen molar-refractivity contribution in [1.29, 1.82) is 0 Å². The lowest BCUT2D eigenvalue weighted by atomic mass is 10.1. The molecule has 0 fully saturated rings. The first kappa shape index (κ1) is 20.6. The van der Waals surface area contributed by atoms with E-state index in [2.05, 4.69) is 49.7 Å². The largest absolute Gasteiger partial charge is 0.345 e. The molecule has 1 heterocycles. The van der Waals surface area contributed by atoms with E-state index in [-0.39, 0.29) is 11.9 Å². The average molecular weight is 375 g/mol. The topological polar surface area (TPSA) is 25.2 Å². The van der Waals surface area contributed by atoms with Gasteiger partial charge in [0.05, 0.1) is 6.54 Å². The summed E-state index contributed by atoms with van der Waals surface area (Å²) in [7, 11) is 0. The van der Waals surface area contributed by atoms with E-state index < -0.39 is 0 Å². The molecule has 1 aromatic carbocycles. The van der Waals surface area contributed by atoms with Crippen LogP contribution in [0.3, 0.4) is 0 Å². The van der Waals surface area contributed by atoms with Crippen molar-refractivity contribution in [3.63, 3.8) is 0 Å². The first-order valence-electron chi connectivity index (χ1n) is 9.73. The highest BCUT2D eigenvalue weighted by atomic mass is 35.5. The molecule has 0 aliphatic carbocycles. The van der Waals surface area contributed by atoms with Crippen molar-refractivity contribution in [1.82, 2.24) is 9.47 Å². The summed E-state index contributed by atoms with van der Waals surface area (Å²) in [6.07, 6.45) is 6.92. The van der Waals surface area contributed by atoms with Gasteiger partial charge in [-0.1, -0.05) is 50.4 Å². The zero-order chi connectivity index (χ0) is 18.9. The van der Waals surface area contributed by atoms with Gasteiger partial charge in [-0.05, 0) is 49.6 Å². The standard InChI is InChI=1S/C22H31ClN2O/c1-4-6-7-13-22(26)25(18(3)5-2)17-21-12-9-14-24(21)16-19-10-8-11-20(23)15-19/h8-12,14-15,18H,4-7,13,16-17H2,1-3H3. The summed E-state index contributed by atoms with van der Waals surface area (Å²) in [5.74, 6) is 0.267. The summed E-state index contributed by atoms with van der Waals surface area (Å²) in [5.41, 5.74) is 2.33. The van der Waals surface area contributed by atoms with Gasteiger partial charge in [0.15, 0.2) is 0 Å². The first-order valence-corrected chi connectivity index (χ1v) is 10.1. The number of hydrogen-bond donors (Lipinski definition) is 0. The average Bonchev–Trinajstić information content (AvgIpc) is 3.06. The number of carbonyl (C=O) groups is 1. The smallest absolute Gasteiger partial charge is 0.223 e. The Labute approximate surface area is 163 Å². The highest BCUT2D eigenvalue weighted by Crippen LogP contribution is 2.17. The Morgan fingerprint density at radius 1 is 1.19 bits per heavy atom. The van der Waals surface area contributed by atoms with Crippen molar-refractivity contribution in [2.45, 2.75) is 72.0 Å². The molecule has 0 bridgehead atoms. The lowest BCUT2D eigenvalue weighted by Gasteiger charge is -2.29. The number of amides is 1. The van der Waals surface area contributed by atoms with Gasteiger partial charge in [0, 0.05) is 35.9 Å². The van der Waals surface area contributed by atoms with Gasteiger partial charge in [-0.25, -0.2) is 0 Å². The maximum Gasteiger partial charge on any atom is 0.223 e. The number of nitrogens with zero attached hydrogens (tertiary/aromatic N) is 2. The van der Waals surface area contributed by atoms with Gasteiger partial charge in [0.1, 0.15) is 0 Å². The third-order valence-corrected chi connectivity index (χ3v) is 5.17. The van der Waals surface area contributed by atoms with E-state index in [0.29, 0.717) is 13.0 Å². The number of benzene rings is 1. The third-order valence-electron chi connectivity index (χ3n) is 4.94. The number of halogens is 1. The van der Waals surface area contributed by atoms with Crippen LogP contribution in [-0.4, -0.2) is 21.4 Å². The lowest BCUT2D eigenvalue weighted by Crippen LogP contribution is -2.38. The fourth-order valence-corrected chi connectivity index (χ4v) is 3.35. The molecular formula is C22H31ClN2O. The monoisotopic (exact) mass is 374 g/mol. The second-order valence-corrected chi connectivity index (χ2v) is 7.43. The molecule has 142 valence electrons. The Kier molecular flexibility index (Phi) is 8.24. The van der Waals surface area contributed by atoms with E-state index in [1.54, 1.807) is 0 Å². The van der Waals surface area contributed by atoms with E-state index >= 15 is 0 Å². The summed E-state index contributed by atoms with van der Waals surface area (Å²) in [4.78, 5) is 14.8. The number of unbranched alkanes of at least 4 members (excludes halogenated alkanes) is 2. The summed E-state index contributed by atoms with van der Waals surface area (Å²) >= 11 is 6.11. The molecule has 0 radical (unpaired) electrons. The van der Waals surface area contributed by atoms with Crippen LogP contribution in [-0.2, 0) is 17.9 Å². The summed E-state index contributed by atoms with van der Waals surface area (Å²) in [6, 6.07) is 12.4. The van der Waals surface area contributed by atoms with Crippen LogP contribution in [0.15, 0.2) is 42.6 Å². The molecule has 0 aliphatic rings. The number of carbonyl (C=O) groups excluding carboxylic acids is 1. The molecule has 1 unspecified atom stereocenters. The Bertz CT molecular complexity index is 695. The van der Waals surface area contributed by atoms with Crippen LogP contribution in [0.4, 0.5) is 0 Å². The third kappa shape index (κ3) is 5.91. The fraction of sp³-hybridized carbons (Fsp3) is 0.500. The molecule has 1 atom stereocenters. The molecule has 2 aromatic rings. The zero-order valence-corrected chi connectivity index (χ0v) is 17.0. The van der Waals surface area contributed by atoms with Gasteiger partial charge in [0.25, 0.3) is 0 Å². The molecule has 26 heavy (non-hydrogen) atoms. The van der Waals surface area contributed by atoms with E-state index in [1.807, 2.05) is 23.1 Å². The number of aromatic nitrogens is 1. The predicted octanol–water partition coefficient (Wildman–Crippen LogP) is 5.90. The van der Waals surface area contributed by atoms with E-state index in [4.69, 9.17) is 11.6 Å². The van der Waals surface area contributed by atoms with Crippen molar-refractivity contribution in [3.05, 3.63) is 58.9 Å². The molecule has 0 spiro atoms. The van der Waals surface area contributed by atoms with E-state index in [1.165, 1.54) is 5.56 Å². The van der Waals surface area contributed by atoms with Gasteiger partial charge in [-0.3, -0.25) is 4.79 Å². The molecule has 0 N–H and O–H groups in total. The lowest BCUT2D eigenvalue weighted by molar-refractivity contribution is -0.134. The molecule has 4 heteroatoms. The molecule has 3 nitrogen and oxygen atoms in total. The number of hydrogen-bond acceptors (Lipinski definition) is 1. The SMILES string of the molecule is CCCCCC(=O)N(Cc1cccn1Cc1cccc(Cl)c1)C(C)CC. The first-order chi connectivity index (χ1) is 12.5. The fourth-order valence-electron chi connectivity index (χ4n) is 3.13. The highest BCUT2D eigenvalue weighted by molar-refractivity contribution is 6.30. The predicted molar refractivity (Wildman–Crippen MR) is 109 cm³/mol. The Morgan fingerprint density at radius 2 is 2.00 bits per heavy atom. The van der Waals surface area contributed by atoms with Gasteiger partial charge < -0.3 is 9.47 Å². The van der Waals surface area contributed by atoms with Crippen LogP contribution in [0.1, 0.15) is 64.1 Å². The van der Waals surface area contributed by atoms with Crippen LogP contribution in [0.25, 0.3) is 0 Å². The van der Waals surface area contributed by atoms with Gasteiger partial charge in [-0.2, -0.15) is 0 Å². The molecule has 0 saturated heterocycles. The maximum absolute atomic E-state index is 12.8. The molecule has 1 amide bonds.